The molecule has 4 aromatic carbocycles. The lowest BCUT2D eigenvalue weighted by Gasteiger charge is -2.16. The minimum Gasteiger partial charge on any atom is -0.508 e. The Hall–Kier alpha value is -5.04. The van der Waals surface area contributed by atoms with E-state index in [1.165, 1.54) is 0 Å². The molecule has 1 unspecified atom stereocenters. The van der Waals surface area contributed by atoms with E-state index in [1.807, 2.05) is 67.6 Å². The quantitative estimate of drug-likeness (QED) is 0.193. The SMILES string of the molecule is CC(Cc1ccccc1)NC(=O)c1ccc(NC(=O)c2cc3ccccc3o2)c(OCCc2ccc(O)cc2)c1. The number of amides is 2. The van der Waals surface area contributed by atoms with E-state index < -0.39 is 5.91 Å². The summed E-state index contributed by atoms with van der Waals surface area (Å²) in [5.74, 6) is 0.0788. The number of anilines is 1. The van der Waals surface area contributed by atoms with Gasteiger partial charge in [-0.1, -0.05) is 60.7 Å². The molecule has 0 aliphatic carbocycles. The summed E-state index contributed by atoms with van der Waals surface area (Å²) in [7, 11) is 0. The second-order valence-corrected chi connectivity index (χ2v) is 9.64. The lowest BCUT2D eigenvalue weighted by molar-refractivity contribution is 0.0939. The van der Waals surface area contributed by atoms with Crippen LogP contribution >= 0.6 is 0 Å². The van der Waals surface area contributed by atoms with Crippen LogP contribution in [0.25, 0.3) is 11.0 Å². The molecule has 7 heteroatoms. The molecular formula is C33H30N2O5. The van der Waals surface area contributed by atoms with Crippen LogP contribution in [-0.2, 0) is 12.8 Å². The van der Waals surface area contributed by atoms with Gasteiger partial charge in [-0.2, -0.15) is 0 Å². The van der Waals surface area contributed by atoms with Crippen LogP contribution in [0, 0.1) is 0 Å². The third kappa shape index (κ3) is 6.69. The van der Waals surface area contributed by atoms with E-state index in [0.29, 0.717) is 42.0 Å². The number of nitrogens with one attached hydrogen (secondary N) is 2. The first-order valence-electron chi connectivity index (χ1n) is 13.1. The third-order valence-electron chi connectivity index (χ3n) is 6.49. The molecule has 5 rings (SSSR count). The van der Waals surface area contributed by atoms with E-state index >= 15 is 0 Å². The second kappa shape index (κ2) is 12.2. The Morgan fingerprint density at radius 3 is 2.38 bits per heavy atom. The molecule has 1 atom stereocenters. The van der Waals surface area contributed by atoms with Crippen LogP contribution in [0.15, 0.2) is 108 Å². The zero-order valence-electron chi connectivity index (χ0n) is 22.1. The number of carbonyl (C=O) groups excluding carboxylic acids is 2. The lowest BCUT2D eigenvalue weighted by Crippen LogP contribution is -2.34. The molecule has 202 valence electrons. The molecule has 0 aliphatic rings. The number of aromatic hydroxyl groups is 1. The Morgan fingerprint density at radius 1 is 0.850 bits per heavy atom. The molecule has 0 fully saturated rings. The van der Waals surface area contributed by atoms with Gasteiger partial charge < -0.3 is 24.9 Å². The van der Waals surface area contributed by atoms with Gasteiger partial charge in [0.25, 0.3) is 11.8 Å². The highest BCUT2D eigenvalue weighted by molar-refractivity contribution is 6.06. The first-order chi connectivity index (χ1) is 19.4. The molecule has 0 spiro atoms. The van der Waals surface area contributed by atoms with Gasteiger partial charge in [-0.15, -0.1) is 0 Å². The molecule has 0 bridgehead atoms. The molecule has 1 heterocycles. The maximum absolute atomic E-state index is 13.1. The topological polar surface area (TPSA) is 101 Å². The van der Waals surface area contributed by atoms with Gasteiger partial charge in [-0.3, -0.25) is 9.59 Å². The number of benzene rings is 4. The van der Waals surface area contributed by atoms with Gasteiger partial charge in [0.05, 0.1) is 12.3 Å². The molecule has 40 heavy (non-hydrogen) atoms. The van der Waals surface area contributed by atoms with Crippen LogP contribution in [0.2, 0.25) is 0 Å². The van der Waals surface area contributed by atoms with Crippen LogP contribution in [0.4, 0.5) is 5.69 Å². The molecule has 5 aromatic rings. The van der Waals surface area contributed by atoms with Gasteiger partial charge in [-0.05, 0) is 66.9 Å². The van der Waals surface area contributed by atoms with Crippen molar-refractivity contribution in [3.8, 4) is 11.5 Å². The van der Waals surface area contributed by atoms with Gasteiger partial charge >= 0.3 is 0 Å². The summed E-state index contributed by atoms with van der Waals surface area (Å²) in [5, 5.41) is 16.3. The monoisotopic (exact) mass is 534 g/mol. The van der Waals surface area contributed by atoms with Gasteiger partial charge in [-0.25, -0.2) is 0 Å². The fourth-order valence-electron chi connectivity index (χ4n) is 4.43. The van der Waals surface area contributed by atoms with Crippen molar-refractivity contribution in [3.05, 3.63) is 126 Å². The van der Waals surface area contributed by atoms with Crippen molar-refractivity contribution in [2.45, 2.75) is 25.8 Å². The summed E-state index contributed by atoms with van der Waals surface area (Å²) in [6, 6.07) is 30.8. The molecule has 0 radical (unpaired) electrons. The van der Waals surface area contributed by atoms with Crippen molar-refractivity contribution in [3.63, 3.8) is 0 Å². The Labute approximate surface area is 232 Å². The first kappa shape index (κ1) is 26.6. The standard InChI is InChI=1S/C33H30N2O5/c1-22(19-24-7-3-2-4-8-24)34-32(37)26-13-16-28(30(21-26)39-18-17-23-11-14-27(36)15-12-23)35-33(38)31-20-25-9-5-6-10-29(25)40-31/h2-16,20-22,36H,17-19H2,1H3,(H,34,37)(H,35,38). The summed E-state index contributed by atoms with van der Waals surface area (Å²) in [6.45, 7) is 2.26. The van der Waals surface area contributed by atoms with Crippen molar-refractivity contribution >= 4 is 28.5 Å². The third-order valence-corrected chi connectivity index (χ3v) is 6.49. The zero-order valence-corrected chi connectivity index (χ0v) is 22.1. The molecule has 0 saturated carbocycles. The van der Waals surface area contributed by atoms with Crippen LogP contribution in [0.1, 0.15) is 39.0 Å². The normalized spacial score (nSPS) is 11.6. The number of fused-ring (bicyclic) bond motifs is 1. The molecule has 1 aromatic heterocycles. The lowest BCUT2D eigenvalue weighted by atomic mass is 10.1. The maximum Gasteiger partial charge on any atom is 0.291 e. The molecule has 3 N–H and O–H groups in total. The van der Waals surface area contributed by atoms with Crippen molar-refractivity contribution in [1.82, 2.24) is 5.32 Å². The fraction of sp³-hybridized carbons (Fsp3) is 0.152. The number of carbonyl (C=O) groups is 2. The summed E-state index contributed by atoms with van der Waals surface area (Å²) in [6.07, 6.45) is 1.27. The van der Waals surface area contributed by atoms with E-state index in [9.17, 15) is 14.7 Å². The smallest absolute Gasteiger partial charge is 0.291 e. The largest absolute Gasteiger partial charge is 0.508 e. The minimum absolute atomic E-state index is 0.0822. The van der Waals surface area contributed by atoms with E-state index in [0.717, 1.165) is 16.5 Å². The van der Waals surface area contributed by atoms with Gasteiger partial charge in [0, 0.05) is 23.4 Å². The van der Waals surface area contributed by atoms with Gasteiger partial charge in [0.15, 0.2) is 5.76 Å². The Balaban J connectivity index is 1.32. The summed E-state index contributed by atoms with van der Waals surface area (Å²) in [4.78, 5) is 26.1. The minimum atomic E-state index is -0.423. The van der Waals surface area contributed by atoms with E-state index in [1.54, 1.807) is 42.5 Å². The number of ether oxygens (including phenoxy) is 1. The fourth-order valence-corrected chi connectivity index (χ4v) is 4.43. The van der Waals surface area contributed by atoms with Crippen LogP contribution in [0.3, 0.4) is 0 Å². The van der Waals surface area contributed by atoms with Crippen LogP contribution in [-0.4, -0.2) is 29.6 Å². The number of hydrogen-bond acceptors (Lipinski definition) is 5. The molecule has 0 aliphatic heterocycles. The predicted molar refractivity (Wildman–Crippen MR) is 155 cm³/mol. The van der Waals surface area contributed by atoms with Gasteiger partial charge in [0.1, 0.15) is 17.1 Å². The number of phenols is 1. The maximum atomic E-state index is 13.1. The van der Waals surface area contributed by atoms with Crippen LogP contribution < -0.4 is 15.4 Å². The number of para-hydroxylation sites is 1. The second-order valence-electron chi connectivity index (χ2n) is 9.64. The molecule has 7 nitrogen and oxygen atoms in total. The predicted octanol–water partition coefficient (Wildman–Crippen LogP) is 6.37. The Kier molecular flexibility index (Phi) is 8.11. The van der Waals surface area contributed by atoms with Crippen molar-refractivity contribution in [2.75, 3.05) is 11.9 Å². The first-order valence-corrected chi connectivity index (χ1v) is 13.1. The highest BCUT2D eigenvalue weighted by Crippen LogP contribution is 2.28. The number of hydrogen-bond donors (Lipinski definition) is 3. The molecule has 0 saturated heterocycles. The number of rotatable bonds is 10. The number of phenolic OH excluding ortho intramolecular Hbond substituents is 1. The zero-order chi connectivity index (χ0) is 27.9. The van der Waals surface area contributed by atoms with E-state index in [4.69, 9.17) is 9.15 Å². The highest BCUT2D eigenvalue weighted by Gasteiger charge is 2.18. The molecular weight excluding hydrogens is 504 g/mol. The van der Waals surface area contributed by atoms with Crippen molar-refractivity contribution in [1.29, 1.82) is 0 Å². The van der Waals surface area contributed by atoms with Crippen LogP contribution in [0.5, 0.6) is 11.5 Å². The average molecular weight is 535 g/mol. The summed E-state index contributed by atoms with van der Waals surface area (Å²) in [5.41, 5.74) is 3.58. The average Bonchev–Trinajstić information content (AvgIpc) is 3.40. The van der Waals surface area contributed by atoms with Crippen molar-refractivity contribution in [2.24, 2.45) is 0 Å². The summed E-state index contributed by atoms with van der Waals surface area (Å²) >= 11 is 0. The molecule has 2 amide bonds. The number of furan rings is 1. The summed E-state index contributed by atoms with van der Waals surface area (Å²) < 4.78 is 11.8. The Bertz CT molecular complexity index is 1580. The van der Waals surface area contributed by atoms with Crippen molar-refractivity contribution < 1.29 is 23.8 Å². The van der Waals surface area contributed by atoms with Gasteiger partial charge in [0.2, 0.25) is 0 Å². The Morgan fingerprint density at radius 2 is 1.60 bits per heavy atom. The highest BCUT2D eigenvalue weighted by atomic mass is 16.5. The van der Waals surface area contributed by atoms with E-state index in [2.05, 4.69) is 10.6 Å². The van der Waals surface area contributed by atoms with E-state index in [-0.39, 0.29) is 23.5 Å².